The number of unbranched alkanes of at least 4 members (excludes halogenated alkanes) is 1. The molecule has 2 rings (SSSR count). The molecule has 0 saturated heterocycles. The van der Waals surface area contributed by atoms with Crippen LogP contribution in [-0.4, -0.2) is 10.1 Å². The molecule has 0 saturated carbocycles. The Balaban J connectivity index is 1.97. The summed E-state index contributed by atoms with van der Waals surface area (Å²) in [5.41, 5.74) is 0.135. The minimum absolute atomic E-state index is 0.135. The van der Waals surface area contributed by atoms with E-state index in [2.05, 4.69) is 60.7 Å². The van der Waals surface area contributed by atoms with Crippen LogP contribution in [0.4, 0.5) is 0 Å². The Morgan fingerprint density at radius 1 is 1.38 bits per heavy atom. The lowest BCUT2D eigenvalue weighted by Gasteiger charge is -2.30. The van der Waals surface area contributed by atoms with E-state index in [0.717, 1.165) is 25.1 Å². The summed E-state index contributed by atoms with van der Waals surface area (Å²) in [6, 6.07) is 4.55. The molecule has 2 heterocycles. The van der Waals surface area contributed by atoms with Crippen molar-refractivity contribution in [1.29, 1.82) is 0 Å². The summed E-state index contributed by atoms with van der Waals surface area (Å²) in [6.07, 6.45) is 3.15. The SMILES string of the molecule is CCCCc1noc(CNC(c2cccs2)C(C)(C)C)n1. The third-order valence-corrected chi connectivity index (χ3v) is 4.35. The van der Waals surface area contributed by atoms with Gasteiger partial charge in [-0.15, -0.1) is 11.3 Å². The average Bonchev–Trinajstić information content (AvgIpc) is 3.06. The molecule has 1 unspecified atom stereocenters. The molecule has 2 aromatic heterocycles. The smallest absolute Gasteiger partial charge is 0.240 e. The number of hydrogen-bond donors (Lipinski definition) is 1. The fraction of sp³-hybridized carbons (Fsp3) is 0.625. The number of hydrogen-bond acceptors (Lipinski definition) is 5. The van der Waals surface area contributed by atoms with Crippen molar-refractivity contribution in [3.05, 3.63) is 34.1 Å². The standard InChI is InChI=1S/C16H25N3OS/c1-5-6-9-13-18-14(20-19-13)11-17-15(16(2,3)4)12-8-7-10-21-12/h7-8,10,15,17H,5-6,9,11H2,1-4H3. The Labute approximate surface area is 131 Å². The van der Waals surface area contributed by atoms with Gasteiger partial charge < -0.3 is 9.84 Å². The molecule has 4 nitrogen and oxygen atoms in total. The monoisotopic (exact) mass is 307 g/mol. The number of nitrogens with zero attached hydrogens (tertiary/aromatic N) is 2. The Morgan fingerprint density at radius 3 is 2.81 bits per heavy atom. The molecule has 0 aromatic carbocycles. The van der Waals surface area contributed by atoms with Crippen LogP contribution in [0.5, 0.6) is 0 Å². The van der Waals surface area contributed by atoms with Crippen molar-refractivity contribution < 1.29 is 4.52 Å². The third-order valence-electron chi connectivity index (χ3n) is 3.42. The predicted octanol–water partition coefficient (Wildman–Crippen LogP) is 4.35. The molecule has 1 N–H and O–H groups in total. The zero-order chi connectivity index (χ0) is 15.3. The van der Waals surface area contributed by atoms with Crippen molar-refractivity contribution >= 4 is 11.3 Å². The molecule has 5 heteroatoms. The minimum atomic E-state index is 0.135. The first-order chi connectivity index (χ1) is 10.0. The lowest BCUT2D eigenvalue weighted by molar-refractivity contribution is 0.260. The van der Waals surface area contributed by atoms with Crippen LogP contribution in [0.2, 0.25) is 0 Å². The first kappa shape index (κ1) is 16.2. The number of rotatable bonds is 7. The second kappa shape index (κ2) is 7.18. The quantitative estimate of drug-likeness (QED) is 0.826. The van der Waals surface area contributed by atoms with Crippen LogP contribution in [0.1, 0.15) is 63.2 Å². The van der Waals surface area contributed by atoms with Crippen LogP contribution < -0.4 is 5.32 Å². The van der Waals surface area contributed by atoms with E-state index in [0.29, 0.717) is 12.4 Å². The molecule has 0 fully saturated rings. The molecule has 0 aliphatic carbocycles. The first-order valence-electron chi connectivity index (χ1n) is 7.59. The Kier molecular flexibility index (Phi) is 5.53. The maximum absolute atomic E-state index is 5.32. The molecule has 0 aliphatic rings. The molecule has 21 heavy (non-hydrogen) atoms. The molecule has 0 bridgehead atoms. The zero-order valence-corrected chi connectivity index (χ0v) is 14.2. The van der Waals surface area contributed by atoms with Crippen LogP contribution in [0.25, 0.3) is 0 Å². The Morgan fingerprint density at radius 2 is 2.19 bits per heavy atom. The van der Waals surface area contributed by atoms with E-state index in [9.17, 15) is 0 Å². The largest absolute Gasteiger partial charge is 0.338 e. The summed E-state index contributed by atoms with van der Waals surface area (Å²) in [4.78, 5) is 5.79. The lowest BCUT2D eigenvalue weighted by atomic mass is 9.86. The van der Waals surface area contributed by atoms with Crippen LogP contribution in [-0.2, 0) is 13.0 Å². The molecule has 0 amide bonds. The van der Waals surface area contributed by atoms with Gasteiger partial charge in [0.25, 0.3) is 0 Å². The highest BCUT2D eigenvalue weighted by molar-refractivity contribution is 7.10. The number of aromatic nitrogens is 2. The summed E-state index contributed by atoms with van der Waals surface area (Å²) in [5.74, 6) is 1.49. The van der Waals surface area contributed by atoms with Gasteiger partial charge in [-0.25, -0.2) is 0 Å². The average molecular weight is 307 g/mol. The predicted molar refractivity (Wildman–Crippen MR) is 86.3 cm³/mol. The van der Waals surface area contributed by atoms with E-state index in [1.54, 1.807) is 11.3 Å². The minimum Gasteiger partial charge on any atom is -0.338 e. The fourth-order valence-electron chi connectivity index (χ4n) is 2.28. The number of nitrogens with one attached hydrogen (secondary N) is 1. The Bertz CT molecular complexity index is 528. The summed E-state index contributed by atoms with van der Waals surface area (Å²) >= 11 is 1.78. The van der Waals surface area contributed by atoms with Crippen molar-refractivity contribution in [2.75, 3.05) is 0 Å². The topological polar surface area (TPSA) is 51.0 Å². The second-order valence-corrected chi connectivity index (χ2v) is 7.38. The van der Waals surface area contributed by atoms with E-state index in [1.165, 1.54) is 4.88 Å². The summed E-state index contributed by atoms with van der Waals surface area (Å²) in [7, 11) is 0. The van der Waals surface area contributed by atoms with Gasteiger partial charge in [-0.05, 0) is 23.3 Å². The maximum atomic E-state index is 5.32. The van der Waals surface area contributed by atoms with E-state index >= 15 is 0 Å². The van der Waals surface area contributed by atoms with E-state index in [4.69, 9.17) is 4.52 Å². The van der Waals surface area contributed by atoms with Gasteiger partial charge in [-0.2, -0.15) is 4.98 Å². The summed E-state index contributed by atoms with van der Waals surface area (Å²) in [6.45, 7) is 9.50. The first-order valence-corrected chi connectivity index (χ1v) is 8.47. The van der Waals surface area contributed by atoms with Gasteiger partial charge in [0, 0.05) is 17.3 Å². The lowest BCUT2D eigenvalue weighted by Crippen LogP contribution is -2.31. The molecule has 0 spiro atoms. The van der Waals surface area contributed by atoms with Gasteiger partial charge >= 0.3 is 0 Å². The maximum Gasteiger partial charge on any atom is 0.240 e. The summed E-state index contributed by atoms with van der Waals surface area (Å²) in [5, 5.41) is 9.71. The van der Waals surface area contributed by atoms with Gasteiger partial charge in [0.05, 0.1) is 6.54 Å². The van der Waals surface area contributed by atoms with Crippen molar-refractivity contribution in [3.63, 3.8) is 0 Å². The third kappa shape index (κ3) is 4.64. The molecule has 116 valence electrons. The zero-order valence-electron chi connectivity index (χ0n) is 13.3. The number of thiophene rings is 1. The van der Waals surface area contributed by atoms with Gasteiger partial charge in [0.15, 0.2) is 5.82 Å². The van der Waals surface area contributed by atoms with Crippen molar-refractivity contribution in [2.45, 2.75) is 59.5 Å². The second-order valence-electron chi connectivity index (χ2n) is 6.40. The molecular formula is C16H25N3OS. The molecule has 1 atom stereocenters. The fourth-order valence-corrected chi connectivity index (χ4v) is 3.32. The van der Waals surface area contributed by atoms with Crippen molar-refractivity contribution in [1.82, 2.24) is 15.5 Å². The van der Waals surface area contributed by atoms with Crippen molar-refractivity contribution in [3.8, 4) is 0 Å². The highest BCUT2D eigenvalue weighted by atomic mass is 32.1. The van der Waals surface area contributed by atoms with Gasteiger partial charge in [-0.3, -0.25) is 0 Å². The van der Waals surface area contributed by atoms with Gasteiger partial charge in [-0.1, -0.05) is 45.3 Å². The Hall–Kier alpha value is -1.20. The van der Waals surface area contributed by atoms with Crippen LogP contribution in [0.3, 0.4) is 0 Å². The highest BCUT2D eigenvalue weighted by Crippen LogP contribution is 2.35. The van der Waals surface area contributed by atoms with Crippen LogP contribution in [0.15, 0.2) is 22.0 Å². The van der Waals surface area contributed by atoms with E-state index in [1.807, 2.05) is 0 Å². The number of aryl methyl sites for hydroxylation is 1. The van der Waals surface area contributed by atoms with Crippen molar-refractivity contribution in [2.24, 2.45) is 5.41 Å². The normalized spacial score (nSPS) is 13.5. The molecule has 0 aliphatic heterocycles. The van der Waals surface area contributed by atoms with Gasteiger partial charge in [0.1, 0.15) is 0 Å². The van der Waals surface area contributed by atoms with E-state index < -0.39 is 0 Å². The highest BCUT2D eigenvalue weighted by Gasteiger charge is 2.27. The molecular weight excluding hydrogens is 282 g/mol. The van der Waals surface area contributed by atoms with Gasteiger partial charge in [0.2, 0.25) is 5.89 Å². The summed E-state index contributed by atoms with van der Waals surface area (Å²) < 4.78 is 5.32. The molecule has 2 aromatic rings. The van der Waals surface area contributed by atoms with E-state index in [-0.39, 0.29) is 11.5 Å². The van der Waals surface area contributed by atoms with Crippen LogP contribution in [0, 0.1) is 5.41 Å². The molecule has 0 radical (unpaired) electrons. The van der Waals surface area contributed by atoms with Crippen LogP contribution >= 0.6 is 11.3 Å².